The van der Waals surface area contributed by atoms with Gasteiger partial charge in [0.1, 0.15) is 0 Å². The average molecular weight is 476 g/mol. The summed E-state index contributed by atoms with van der Waals surface area (Å²) in [7, 11) is 0. The summed E-state index contributed by atoms with van der Waals surface area (Å²) in [6, 6.07) is 31.0. The van der Waals surface area contributed by atoms with Crippen LogP contribution in [0.5, 0.6) is 0 Å². The number of rotatable bonds is 6. The fraction of sp³-hybridized carbons (Fsp3) is 0.250. The molecule has 1 atom stereocenters. The minimum absolute atomic E-state index is 0.0466. The first-order valence-corrected chi connectivity index (χ1v) is 12.8. The van der Waals surface area contributed by atoms with Gasteiger partial charge in [0.15, 0.2) is 0 Å². The highest BCUT2D eigenvalue weighted by molar-refractivity contribution is 6.00. The first-order chi connectivity index (χ1) is 17.6. The van der Waals surface area contributed by atoms with Gasteiger partial charge in [-0.1, -0.05) is 66.7 Å². The van der Waals surface area contributed by atoms with E-state index >= 15 is 0 Å². The van der Waals surface area contributed by atoms with Gasteiger partial charge in [-0.05, 0) is 97.8 Å². The third-order valence-corrected chi connectivity index (χ3v) is 7.57. The van der Waals surface area contributed by atoms with Gasteiger partial charge in [-0.3, -0.25) is 9.78 Å². The molecule has 2 N–H and O–H groups in total. The van der Waals surface area contributed by atoms with Gasteiger partial charge in [-0.15, -0.1) is 0 Å². The molecule has 1 amide bonds. The van der Waals surface area contributed by atoms with Gasteiger partial charge in [-0.2, -0.15) is 0 Å². The summed E-state index contributed by atoms with van der Waals surface area (Å²) in [5.74, 6) is 0.285. The number of piperidine rings is 1. The Kier molecular flexibility index (Phi) is 6.97. The van der Waals surface area contributed by atoms with E-state index in [9.17, 15) is 4.79 Å². The second-order valence-electron chi connectivity index (χ2n) is 9.86. The van der Waals surface area contributed by atoms with Crippen LogP contribution in [0.15, 0.2) is 97.2 Å². The molecule has 182 valence electrons. The second kappa shape index (κ2) is 10.5. The predicted octanol–water partition coefficient (Wildman–Crippen LogP) is 6.62. The van der Waals surface area contributed by atoms with Crippen LogP contribution in [-0.4, -0.2) is 24.0 Å². The van der Waals surface area contributed by atoms with Crippen LogP contribution in [0, 0.1) is 12.8 Å². The monoisotopic (exact) mass is 475 g/mol. The Morgan fingerprint density at radius 2 is 1.56 bits per heavy atom. The Hall–Kier alpha value is -3.76. The highest BCUT2D eigenvalue weighted by Gasteiger charge is 2.44. The zero-order valence-electron chi connectivity index (χ0n) is 21.0. The van der Waals surface area contributed by atoms with Crippen molar-refractivity contribution in [3.63, 3.8) is 0 Å². The van der Waals surface area contributed by atoms with Crippen molar-refractivity contribution in [2.45, 2.75) is 32.1 Å². The van der Waals surface area contributed by atoms with E-state index in [4.69, 9.17) is 0 Å². The van der Waals surface area contributed by atoms with Crippen LogP contribution < -0.4 is 10.6 Å². The maximum Gasteiger partial charge on any atom is 0.235 e. The number of hydrogen-bond donors (Lipinski definition) is 2. The third-order valence-electron chi connectivity index (χ3n) is 7.57. The molecule has 1 aromatic heterocycles. The van der Waals surface area contributed by atoms with Gasteiger partial charge < -0.3 is 10.6 Å². The van der Waals surface area contributed by atoms with Crippen LogP contribution in [0.4, 0.5) is 5.69 Å². The molecule has 4 nitrogen and oxygen atoms in total. The van der Waals surface area contributed by atoms with Gasteiger partial charge in [0.05, 0.1) is 5.41 Å². The Bertz CT molecular complexity index is 1330. The maximum absolute atomic E-state index is 14.2. The summed E-state index contributed by atoms with van der Waals surface area (Å²) < 4.78 is 0. The highest BCUT2D eigenvalue weighted by Crippen LogP contribution is 2.43. The lowest BCUT2D eigenvalue weighted by atomic mass is 9.65. The molecule has 2 heterocycles. The summed E-state index contributed by atoms with van der Waals surface area (Å²) in [6.45, 7) is 5.99. The number of amides is 1. The van der Waals surface area contributed by atoms with E-state index in [0.717, 1.165) is 65.1 Å². The molecule has 1 fully saturated rings. The predicted molar refractivity (Wildman–Crippen MR) is 148 cm³/mol. The lowest BCUT2D eigenvalue weighted by Gasteiger charge is -2.40. The average Bonchev–Trinajstić information content (AvgIpc) is 2.94. The minimum Gasteiger partial charge on any atom is -0.325 e. The van der Waals surface area contributed by atoms with Gasteiger partial charge in [0, 0.05) is 17.6 Å². The minimum atomic E-state index is -0.671. The van der Waals surface area contributed by atoms with E-state index in [1.165, 1.54) is 0 Å². The molecule has 5 rings (SSSR count). The van der Waals surface area contributed by atoms with Crippen LogP contribution in [0.3, 0.4) is 0 Å². The van der Waals surface area contributed by atoms with E-state index in [-0.39, 0.29) is 11.8 Å². The Morgan fingerprint density at radius 3 is 2.28 bits per heavy atom. The number of anilines is 1. The zero-order chi connectivity index (χ0) is 25.0. The summed E-state index contributed by atoms with van der Waals surface area (Å²) in [5, 5.41) is 6.74. The Morgan fingerprint density at radius 1 is 0.861 bits per heavy atom. The molecule has 4 heteroatoms. The standard InChI is InChI=1S/C32H33N3O/c1-23-22-26(16-21-34-23)24-12-14-28(15-13-24)35-31(36)32(2,27-17-19-33-20-18-27)30-11-7-6-10-29(30)25-8-4-3-5-9-25/h3-16,21-22,27,33H,17-20H2,1-2H3,(H,35,36). The molecule has 1 aliphatic rings. The van der Waals surface area contributed by atoms with E-state index in [0.29, 0.717) is 0 Å². The SMILES string of the molecule is Cc1cc(-c2ccc(NC(=O)C(C)(c3ccccc3-c3ccccc3)C3CCNCC3)cc2)ccn1. The van der Waals surface area contributed by atoms with Crippen LogP contribution in [0.25, 0.3) is 22.3 Å². The van der Waals surface area contributed by atoms with Crippen molar-refractivity contribution in [2.24, 2.45) is 5.92 Å². The molecule has 1 unspecified atom stereocenters. The van der Waals surface area contributed by atoms with Crippen molar-refractivity contribution >= 4 is 11.6 Å². The van der Waals surface area contributed by atoms with Gasteiger partial charge in [-0.25, -0.2) is 0 Å². The number of carbonyl (C=O) groups is 1. The Balaban J connectivity index is 1.49. The molecule has 0 radical (unpaired) electrons. The maximum atomic E-state index is 14.2. The van der Waals surface area contributed by atoms with E-state index in [1.54, 1.807) is 0 Å². The van der Waals surface area contributed by atoms with Crippen molar-refractivity contribution in [3.8, 4) is 22.3 Å². The van der Waals surface area contributed by atoms with E-state index in [1.807, 2.05) is 37.4 Å². The quantitative estimate of drug-likeness (QED) is 0.329. The van der Waals surface area contributed by atoms with E-state index in [2.05, 4.69) is 89.3 Å². The number of nitrogens with one attached hydrogen (secondary N) is 2. The first-order valence-electron chi connectivity index (χ1n) is 12.8. The molecule has 4 aromatic rings. The lowest BCUT2D eigenvalue weighted by Crippen LogP contribution is -2.48. The molecular formula is C32H33N3O. The summed E-state index contributed by atoms with van der Waals surface area (Å²) in [6.07, 6.45) is 3.76. The van der Waals surface area contributed by atoms with E-state index < -0.39 is 5.41 Å². The van der Waals surface area contributed by atoms with Crippen molar-refractivity contribution in [2.75, 3.05) is 18.4 Å². The number of carbonyl (C=O) groups excluding carboxylic acids is 1. The third kappa shape index (κ3) is 4.82. The fourth-order valence-electron chi connectivity index (χ4n) is 5.46. The number of pyridine rings is 1. The van der Waals surface area contributed by atoms with Crippen molar-refractivity contribution < 1.29 is 4.79 Å². The van der Waals surface area contributed by atoms with Gasteiger partial charge >= 0.3 is 0 Å². The number of aromatic nitrogens is 1. The lowest BCUT2D eigenvalue weighted by molar-refractivity contribution is -0.123. The van der Waals surface area contributed by atoms with Crippen LogP contribution in [-0.2, 0) is 10.2 Å². The molecule has 1 saturated heterocycles. The first kappa shape index (κ1) is 24.0. The number of aryl methyl sites for hydroxylation is 1. The number of nitrogens with zero attached hydrogens (tertiary/aromatic N) is 1. The van der Waals surface area contributed by atoms with Crippen LogP contribution in [0.1, 0.15) is 31.0 Å². The summed E-state index contributed by atoms with van der Waals surface area (Å²) in [5.41, 5.74) is 6.70. The zero-order valence-corrected chi connectivity index (χ0v) is 21.0. The fourth-order valence-corrected chi connectivity index (χ4v) is 5.46. The molecule has 0 saturated carbocycles. The topological polar surface area (TPSA) is 54.0 Å². The normalized spacial score (nSPS) is 15.7. The highest BCUT2D eigenvalue weighted by atomic mass is 16.2. The molecule has 1 aliphatic heterocycles. The Labute approximate surface area is 213 Å². The molecule has 3 aromatic carbocycles. The van der Waals surface area contributed by atoms with Crippen LogP contribution in [0.2, 0.25) is 0 Å². The smallest absolute Gasteiger partial charge is 0.235 e. The molecular weight excluding hydrogens is 442 g/mol. The van der Waals surface area contributed by atoms with Crippen molar-refractivity contribution in [3.05, 3.63) is 108 Å². The summed E-state index contributed by atoms with van der Waals surface area (Å²) >= 11 is 0. The van der Waals surface area contributed by atoms with Crippen molar-refractivity contribution in [1.29, 1.82) is 0 Å². The largest absolute Gasteiger partial charge is 0.325 e. The van der Waals surface area contributed by atoms with Crippen molar-refractivity contribution in [1.82, 2.24) is 10.3 Å². The summed E-state index contributed by atoms with van der Waals surface area (Å²) in [4.78, 5) is 18.5. The second-order valence-corrected chi connectivity index (χ2v) is 9.86. The van der Waals surface area contributed by atoms with Gasteiger partial charge in [0.25, 0.3) is 0 Å². The molecule has 0 spiro atoms. The molecule has 36 heavy (non-hydrogen) atoms. The number of hydrogen-bond acceptors (Lipinski definition) is 3. The molecule has 0 aliphatic carbocycles. The van der Waals surface area contributed by atoms with Gasteiger partial charge in [0.2, 0.25) is 5.91 Å². The molecule has 0 bridgehead atoms. The number of benzene rings is 3. The van der Waals surface area contributed by atoms with Crippen LogP contribution >= 0.6 is 0 Å².